The van der Waals surface area contributed by atoms with E-state index in [1.807, 2.05) is 17.2 Å². The number of hydrogen-bond acceptors (Lipinski definition) is 8. The molecule has 5 rings (SSSR count). The first-order chi connectivity index (χ1) is 17.1. The highest BCUT2D eigenvalue weighted by molar-refractivity contribution is 7.22. The van der Waals surface area contributed by atoms with Gasteiger partial charge in [0, 0.05) is 38.1 Å². The highest BCUT2D eigenvalue weighted by Crippen LogP contribution is 2.44. The topological polar surface area (TPSA) is 92.5 Å². The first kappa shape index (κ1) is 24.6. The smallest absolute Gasteiger partial charge is 0.348 e. The van der Waals surface area contributed by atoms with Crippen LogP contribution in [0.5, 0.6) is 0 Å². The van der Waals surface area contributed by atoms with Crippen molar-refractivity contribution in [1.82, 2.24) is 14.9 Å². The van der Waals surface area contributed by atoms with Gasteiger partial charge in [-0.05, 0) is 61.9 Å². The Morgan fingerprint density at radius 2 is 1.81 bits per heavy atom. The molecule has 2 aliphatic rings. The number of hydrogen-bond donors (Lipinski definition) is 0. The number of fused-ring (bicyclic) bond motifs is 1. The predicted octanol–water partition coefficient (Wildman–Crippen LogP) is 4.86. The highest BCUT2D eigenvalue weighted by atomic mass is 32.1. The minimum Gasteiger partial charge on any atom is -0.348 e. The van der Waals surface area contributed by atoms with E-state index < -0.39 is 27.9 Å². The Morgan fingerprint density at radius 1 is 1.11 bits per heavy atom. The molecule has 4 heterocycles. The number of piperidine rings is 2. The Morgan fingerprint density at radius 3 is 2.42 bits per heavy atom. The Bertz CT molecular complexity index is 1330. The van der Waals surface area contributed by atoms with E-state index in [0.717, 1.165) is 56.7 Å². The van der Waals surface area contributed by atoms with Crippen LogP contribution in [0.2, 0.25) is 0 Å². The van der Waals surface area contributed by atoms with Gasteiger partial charge >= 0.3 is 6.18 Å². The number of alkyl halides is 3. The van der Waals surface area contributed by atoms with Crippen molar-refractivity contribution in [2.75, 3.05) is 31.1 Å². The molecule has 2 saturated heterocycles. The van der Waals surface area contributed by atoms with Crippen molar-refractivity contribution < 1.29 is 18.1 Å². The molecule has 0 radical (unpaired) electrons. The van der Waals surface area contributed by atoms with Crippen molar-refractivity contribution in [2.45, 2.75) is 38.4 Å². The number of non-ortho nitro benzene ring substituents is 1. The normalized spacial score (nSPS) is 18.6. The summed E-state index contributed by atoms with van der Waals surface area (Å²) in [6, 6.07) is 5.16. The zero-order valence-electron chi connectivity index (χ0n) is 19.3. The van der Waals surface area contributed by atoms with Gasteiger partial charge in [-0.3, -0.25) is 24.8 Å². The number of pyridine rings is 1. The number of benzene rings is 1. The molecule has 0 saturated carbocycles. The molecule has 0 unspecified atom stereocenters. The first-order valence-corrected chi connectivity index (χ1v) is 12.5. The second-order valence-corrected chi connectivity index (χ2v) is 10.5. The third-order valence-corrected chi connectivity index (χ3v) is 8.52. The van der Waals surface area contributed by atoms with Crippen molar-refractivity contribution in [3.63, 3.8) is 0 Å². The van der Waals surface area contributed by atoms with E-state index in [2.05, 4.69) is 20.9 Å². The van der Waals surface area contributed by atoms with Gasteiger partial charge < -0.3 is 4.90 Å². The number of nitro groups is 1. The van der Waals surface area contributed by atoms with Crippen molar-refractivity contribution in [3.05, 3.63) is 68.3 Å². The van der Waals surface area contributed by atoms with Gasteiger partial charge in [0.2, 0.25) is 0 Å². The predicted molar refractivity (Wildman–Crippen MR) is 130 cm³/mol. The summed E-state index contributed by atoms with van der Waals surface area (Å²) in [4.78, 5) is 35.9. The lowest BCUT2D eigenvalue weighted by molar-refractivity contribution is -0.383. The monoisotopic (exact) mass is 519 g/mol. The fourth-order valence-corrected chi connectivity index (χ4v) is 6.30. The Hall–Kier alpha value is -3.12. The summed E-state index contributed by atoms with van der Waals surface area (Å²) in [6.07, 6.45) is 2.79. The summed E-state index contributed by atoms with van der Waals surface area (Å²) >= 11 is 0.910. The van der Waals surface area contributed by atoms with Crippen molar-refractivity contribution >= 4 is 32.2 Å². The molecule has 2 fully saturated rings. The van der Waals surface area contributed by atoms with E-state index in [4.69, 9.17) is 0 Å². The van der Waals surface area contributed by atoms with Gasteiger partial charge in [-0.1, -0.05) is 17.4 Å². The maximum absolute atomic E-state index is 13.2. The minimum atomic E-state index is -4.80. The molecule has 1 aromatic carbocycles. The zero-order chi connectivity index (χ0) is 25.5. The lowest BCUT2D eigenvalue weighted by atomic mass is 9.71. The molecule has 2 aromatic heterocycles. The average molecular weight is 520 g/mol. The molecular weight excluding hydrogens is 495 g/mol. The molecule has 1 spiro atoms. The van der Waals surface area contributed by atoms with Crippen LogP contribution >= 0.6 is 11.3 Å². The fourth-order valence-electron chi connectivity index (χ4n) is 5.18. The summed E-state index contributed by atoms with van der Waals surface area (Å²) in [5.41, 5.74) is -1.43. The summed E-state index contributed by atoms with van der Waals surface area (Å²) < 4.78 is 39.6. The lowest BCUT2D eigenvalue weighted by Gasteiger charge is -2.47. The minimum absolute atomic E-state index is 0.0769. The van der Waals surface area contributed by atoms with Gasteiger partial charge in [-0.15, -0.1) is 0 Å². The standard InChI is InChI=1S/C24H24F3N5O3S/c25-24(26,27)17-12-18-20(19(13-17)32(34)35)36-22(29-21(18)33)31-10-5-23(6-11-31)3-8-30(9-4-23)15-16-2-1-7-28-14-16/h1-2,7,12-14H,3-6,8-11,15H2. The summed E-state index contributed by atoms with van der Waals surface area (Å²) in [7, 11) is 0. The Balaban J connectivity index is 1.31. The van der Waals surface area contributed by atoms with Gasteiger partial charge in [-0.2, -0.15) is 18.2 Å². The van der Waals surface area contributed by atoms with Crippen LogP contribution in [0.25, 0.3) is 10.1 Å². The van der Waals surface area contributed by atoms with Crippen LogP contribution in [0.3, 0.4) is 0 Å². The number of likely N-dealkylation sites (tertiary alicyclic amines) is 1. The SMILES string of the molecule is O=c1nc(N2CCC3(CCN(Cc4cccnc4)CC3)CC2)sc2c([N+](=O)[O-])cc(C(F)(F)F)cc12. The van der Waals surface area contributed by atoms with E-state index in [0.29, 0.717) is 30.4 Å². The maximum Gasteiger partial charge on any atom is 0.416 e. The molecule has 0 amide bonds. The number of rotatable bonds is 4. The second kappa shape index (κ2) is 9.40. The van der Waals surface area contributed by atoms with Gasteiger partial charge in [0.05, 0.1) is 15.9 Å². The molecule has 3 aromatic rings. The Labute approximate surface area is 208 Å². The van der Waals surface area contributed by atoms with Crippen LogP contribution < -0.4 is 10.5 Å². The van der Waals surface area contributed by atoms with Crippen LogP contribution in [0.15, 0.2) is 41.5 Å². The third kappa shape index (κ3) is 4.92. The maximum atomic E-state index is 13.2. The van der Waals surface area contributed by atoms with Crippen molar-refractivity contribution in [3.8, 4) is 0 Å². The Kier molecular flexibility index (Phi) is 6.41. The van der Waals surface area contributed by atoms with Crippen molar-refractivity contribution in [2.24, 2.45) is 5.41 Å². The van der Waals surface area contributed by atoms with E-state index in [1.165, 1.54) is 5.56 Å². The summed E-state index contributed by atoms with van der Waals surface area (Å²) in [6.45, 7) is 4.14. The molecule has 36 heavy (non-hydrogen) atoms. The molecule has 190 valence electrons. The van der Waals surface area contributed by atoms with Gasteiger partial charge in [0.1, 0.15) is 4.70 Å². The van der Waals surface area contributed by atoms with Crippen LogP contribution in [0, 0.1) is 15.5 Å². The fraction of sp³-hybridized carbons (Fsp3) is 0.458. The van der Waals surface area contributed by atoms with Crippen LogP contribution in [0.1, 0.15) is 36.8 Å². The largest absolute Gasteiger partial charge is 0.416 e. The van der Waals surface area contributed by atoms with E-state index in [9.17, 15) is 28.1 Å². The quantitative estimate of drug-likeness (QED) is 0.359. The van der Waals surface area contributed by atoms with Gasteiger partial charge in [0.15, 0.2) is 5.13 Å². The molecule has 0 aliphatic carbocycles. The molecule has 0 atom stereocenters. The number of nitro benzene ring substituents is 1. The van der Waals surface area contributed by atoms with Gasteiger partial charge in [0.25, 0.3) is 11.2 Å². The van der Waals surface area contributed by atoms with Crippen LogP contribution in [-0.2, 0) is 12.7 Å². The number of aromatic nitrogens is 2. The number of anilines is 1. The second-order valence-electron chi connectivity index (χ2n) is 9.55. The summed E-state index contributed by atoms with van der Waals surface area (Å²) in [5, 5.41) is 11.5. The molecule has 8 nitrogen and oxygen atoms in total. The first-order valence-electron chi connectivity index (χ1n) is 11.7. The van der Waals surface area contributed by atoms with E-state index in [1.54, 1.807) is 6.20 Å². The number of halogens is 3. The lowest BCUT2D eigenvalue weighted by Crippen LogP contribution is -2.46. The van der Waals surface area contributed by atoms with Crippen LogP contribution in [-0.4, -0.2) is 46.0 Å². The number of nitrogens with zero attached hydrogens (tertiary/aromatic N) is 5. The zero-order valence-corrected chi connectivity index (χ0v) is 20.1. The van der Waals surface area contributed by atoms with Crippen LogP contribution in [0.4, 0.5) is 24.0 Å². The molecule has 2 aliphatic heterocycles. The molecule has 12 heteroatoms. The average Bonchev–Trinajstić information content (AvgIpc) is 2.85. The summed E-state index contributed by atoms with van der Waals surface area (Å²) in [5.74, 6) is 0. The van der Waals surface area contributed by atoms with Gasteiger partial charge in [-0.25, -0.2) is 0 Å². The van der Waals surface area contributed by atoms with E-state index in [-0.39, 0.29) is 15.5 Å². The third-order valence-electron chi connectivity index (χ3n) is 7.35. The molecule has 0 bridgehead atoms. The highest BCUT2D eigenvalue weighted by Gasteiger charge is 2.39. The van der Waals surface area contributed by atoms with Crippen molar-refractivity contribution in [1.29, 1.82) is 0 Å². The molecular formula is C24H24F3N5O3S. The van der Waals surface area contributed by atoms with E-state index >= 15 is 0 Å². The molecule has 0 N–H and O–H groups in total.